The summed E-state index contributed by atoms with van der Waals surface area (Å²) in [5.41, 5.74) is 1.31. The molecule has 3 aromatic rings. The first-order chi connectivity index (χ1) is 20.6. The van der Waals surface area contributed by atoms with Crippen molar-refractivity contribution in [1.82, 2.24) is 4.90 Å². The van der Waals surface area contributed by atoms with E-state index in [4.69, 9.17) is 4.74 Å². The molecule has 4 rings (SSSR count). The Morgan fingerprint density at radius 1 is 1.00 bits per heavy atom. The lowest BCUT2D eigenvalue weighted by Crippen LogP contribution is -2.27. The molecule has 43 heavy (non-hydrogen) atoms. The molecule has 1 saturated heterocycles. The van der Waals surface area contributed by atoms with Gasteiger partial charge in [-0.15, -0.1) is 0 Å². The van der Waals surface area contributed by atoms with Gasteiger partial charge in [-0.1, -0.05) is 24.3 Å². The van der Waals surface area contributed by atoms with Gasteiger partial charge >= 0.3 is 0 Å². The normalized spacial score (nSPS) is 13.7. The molecule has 0 spiro atoms. The molecule has 1 fully saturated rings. The number of nitrogens with one attached hydrogen (secondary N) is 1. The topological polar surface area (TPSA) is 165 Å². The van der Waals surface area contributed by atoms with Gasteiger partial charge in [-0.2, -0.15) is 0 Å². The molecule has 0 bridgehead atoms. The van der Waals surface area contributed by atoms with Gasteiger partial charge in [0.2, 0.25) is 0 Å². The third kappa shape index (κ3) is 7.35. The maximum atomic E-state index is 13.2. The Morgan fingerprint density at radius 3 is 2.44 bits per heavy atom. The fourth-order valence-corrected chi connectivity index (χ4v) is 5.19. The van der Waals surface area contributed by atoms with Crippen LogP contribution < -0.4 is 15.0 Å². The van der Waals surface area contributed by atoms with Crippen molar-refractivity contribution in [2.75, 3.05) is 29.9 Å². The minimum absolute atomic E-state index is 0.0880. The first kappa shape index (κ1) is 30.7. The Labute approximate surface area is 250 Å². The van der Waals surface area contributed by atoms with E-state index in [0.717, 1.165) is 10.6 Å². The minimum Gasteiger partial charge on any atom is -0.483 e. The highest BCUT2D eigenvalue weighted by Crippen LogP contribution is 2.37. The number of carbonyl (C=O) groups is 3. The number of ether oxygens (including phenoxy) is 1. The predicted molar refractivity (Wildman–Crippen MR) is 162 cm³/mol. The summed E-state index contributed by atoms with van der Waals surface area (Å²) in [5.74, 6) is -0.913. The molecule has 1 heterocycles. The summed E-state index contributed by atoms with van der Waals surface area (Å²) in [6.45, 7) is 4.67. The lowest BCUT2D eigenvalue weighted by molar-refractivity contribution is -0.385. The van der Waals surface area contributed by atoms with E-state index in [9.17, 15) is 34.6 Å². The SMILES string of the molecule is CCN(CC)c1ccc(/C=C2\SC(=O)N(Cc3ccccc3[N+](=O)[O-])C2=O)c(OCC(=O)Nc2cccc([N+](=O)[O-])c2)c1. The smallest absolute Gasteiger partial charge is 0.293 e. The van der Waals surface area contributed by atoms with E-state index in [1.54, 1.807) is 18.2 Å². The van der Waals surface area contributed by atoms with Crippen LogP contribution in [0.5, 0.6) is 5.75 Å². The van der Waals surface area contributed by atoms with Crippen LogP contribution >= 0.6 is 11.8 Å². The van der Waals surface area contributed by atoms with E-state index < -0.39 is 33.5 Å². The van der Waals surface area contributed by atoms with Crippen molar-refractivity contribution in [3.05, 3.63) is 103 Å². The summed E-state index contributed by atoms with van der Waals surface area (Å²) in [7, 11) is 0. The molecular weight excluding hydrogens is 578 g/mol. The third-order valence-electron chi connectivity index (χ3n) is 6.50. The molecule has 222 valence electrons. The quantitative estimate of drug-likeness (QED) is 0.156. The average Bonchev–Trinajstić information content (AvgIpc) is 3.25. The molecule has 0 saturated carbocycles. The summed E-state index contributed by atoms with van der Waals surface area (Å²) in [4.78, 5) is 63.0. The van der Waals surface area contributed by atoms with Crippen LogP contribution in [0.4, 0.5) is 27.5 Å². The number of anilines is 2. The number of para-hydroxylation sites is 1. The lowest BCUT2D eigenvalue weighted by atomic mass is 10.1. The number of thioether (sulfide) groups is 1. The predicted octanol–water partition coefficient (Wildman–Crippen LogP) is 5.60. The number of imide groups is 1. The van der Waals surface area contributed by atoms with E-state index in [2.05, 4.69) is 10.2 Å². The molecule has 3 aromatic carbocycles. The van der Waals surface area contributed by atoms with Gasteiger partial charge in [0.05, 0.1) is 21.3 Å². The van der Waals surface area contributed by atoms with Crippen molar-refractivity contribution >= 4 is 57.6 Å². The monoisotopic (exact) mass is 605 g/mol. The Bertz CT molecular complexity index is 1620. The van der Waals surface area contributed by atoms with Gasteiger partial charge in [0.25, 0.3) is 28.4 Å². The first-order valence-corrected chi connectivity index (χ1v) is 14.0. The highest BCUT2D eigenvalue weighted by molar-refractivity contribution is 8.18. The van der Waals surface area contributed by atoms with E-state index in [-0.39, 0.29) is 39.8 Å². The van der Waals surface area contributed by atoms with Crippen molar-refractivity contribution in [3.8, 4) is 5.75 Å². The van der Waals surface area contributed by atoms with Crippen molar-refractivity contribution in [2.45, 2.75) is 20.4 Å². The van der Waals surface area contributed by atoms with Crippen LogP contribution in [0.15, 0.2) is 71.6 Å². The van der Waals surface area contributed by atoms with Gasteiger partial charge in [-0.3, -0.25) is 39.5 Å². The second kappa shape index (κ2) is 13.6. The van der Waals surface area contributed by atoms with Crippen molar-refractivity contribution in [1.29, 1.82) is 0 Å². The summed E-state index contributed by atoms with van der Waals surface area (Å²) < 4.78 is 5.85. The van der Waals surface area contributed by atoms with Gasteiger partial charge in [0.1, 0.15) is 5.75 Å². The highest BCUT2D eigenvalue weighted by Gasteiger charge is 2.36. The molecule has 1 N–H and O–H groups in total. The molecule has 13 nitrogen and oxygen atoms in total. The number of hydrogen-bond donors (Lipinski definition) is 1. The molecule has 0 unspecified atom stereocenters. The number of hydrogen-bond acceptors (Lipinski definition) is 10. The van der Waals surface area contributed by atoms with Crippen LogP contribution in [0.2, 0.25) is 0 Å². The van der Waals surface area contributed by atoms with Crippen molar-refractivity contribution in [3.63, 3.8) is 0 Å². The molecule has 1 aliphatic rings. The van der Waals surface area contributed by atoms with E-state index in [1.165, 1.54) is 48.5 Å². The number of benzene rings is 3. The number of non-ortho nitro benzene ring substituents is 1. The summed E-state index contributed by atoms with van der Waals surface area (Å²) in [6.07, 6.45) is 1.48. The maximum Gasteiger partial charge on any atom is 0.293 e. The molecule has 3 amide bonds. The summed E-state index contributed by atoms with van der Waals surface area (Å²) in [6, 6.07) is 16.6. The zero-order chi connectivity index (χ0) is 31.1. The molecule has 0 aliphatic carbocycles. The van der Waals surface area contributed by atoms with Crippen LogP contribution in [-0.4, -0.2) is 51.5 Å². The molecular formula is C29H27N5O8S. The van der Waals surface area contributed by atoms with Gasteiger partial charge in [-0.05, 0) is 49.9 Å². The van der Waals surface area contributed by atoms with Crippen molar-refractivity contribution in [2.24, 2.45) is 0 Å². The van der Waals surface area contributed by atoms with Crippen LogP contribution in [-0.2, 0) is 16.1 Å². The van der Waals surface area contributed by atoms with Gasteiger partial charge in [0.15, 0.2) is 6.61 Å². The molecule has 0 aromatic heterocycles. The lowest BCUT2D eigenvalue weighted by Gasteiger charge is -2.22. The zero-order valence-electron chi connectivity index (χ0n) is 23.2. The van der Waals surface area contributed by atoms with Gasteiger partial charge in [-0.25, -0.2) is 0 Å². The summed E-state index contributed by atoms with van der Waals surface area (Å²) in [5, 5.41) is 24.4. The standard InChI is InChI=1S/C29H27N5O8S/c1-3-31(4-2)22-13-12-19(25(16-22)42-18-27(35)30-21-9-7-10-23(15-21)33(38)39)14-26-28(36)32(29(37)43-26)17-20-8-5-6-11-24(20)34(40)41/h5-16H,3-4,17-18H2,1-2H3,(H,30,35)/b26-14-. The van der Waals surface area contributed by atoms with Crippen molar-refractivity contribution < 1.29 is 29.0 Å². The minimum atomic E-state index is -0.615. The summed E-state index contributed by atoms with van der Waals surface area (Å²) >= 11 is 0.697. The number of carbonyl (C=O) groups excluding carboxylic acids is 3. The highest BCUT2D eigenvalue weighted by atomic mass is 32.2. The second-order valence-electron chi connectivity index (χ2n) is 9.19. The van der Waals surface area contributed by atoms with Gasteiger partial charge < -0.3 is 15.0 Å². The van der Waals surface area contributed by atoms with E-state index in [0.29, 0.717) is 30.4 Å². The van der Waals surface area contributed by atoms with E-state index >= 15 is 0 Å². The number of amides is 3. The Morgan fingerprint density at radius 2 is 1.74 bits per heavy atom. The first-order valence-electron chi connectivity index (χ1n) is 13.1. The van der Waals surface area contributed by atoms with E-state index in [1.807, 2.05) is 19.9 Å². The number of nitro benzene ring substituents is 2. The average molecular weight is 606 g/mol. The zero-order valence-corrected chi connectivity index (χ0v) is 24.0. The van der Waals surface area contributed by atoms with Crippen LogP contribution in [0.3, 0.4) is 0 Å². The molecule has 14 heteroatoms. The second-order valence-corrected chi connectivity index (χ2v) is 10.2. The fraction of sp³-hybridized carbons (Fsp3) is 0.207. The van der Waals surface area contributed by atoms with Crippen LogP contribution in [0.1, 0.15) is 25.0 Å². The largest absolute Gasteiger partial charge is 0.483 e. The Kier molecular flexibility index (Phi) is 9.72. The van der Waals surface area contributed by atoms with Gasteiger partial charge in [0, 0.05) is 59.9 Å². The Hall–Kier alpha value is -5.24. The molecule has 1 aliphatic heterocycles. The molecule has 0 atom stereocenters. The van der Waals surface area contributed by atoms with Crippen LogP contribution in [0.25, 0.3) is 6.08 Å². The van der Waals surface area contributed by atoms with Crippen LogP contribution in [0, 0.1) is 20.2 Å². The third-order valence-corrected chi connectivity index (χ3v) is 7.41. The number of rotatable bonds is 12. The maximum absolute atomic E-state index is 13.2. The molecule has 0 radical (unpaired) electrons. The number of nitrogens with zero attached hydrogens (tertiary/aromatic N) is 4. The Balaban J connectivity index is 1.57. The number of nitro groups is 2. The fourth-order valence-electron chi connectivity index (χ4n) is 4.36.